The van der Waals surface area contributed by atoms with Gasteiger partial charge in [-0.3, -0.25) is 0 Å². The highest BCUT2D eigenvalue weighted by atomic mass is 16.5. The second-order valence-electron chi connectivity index (χ2n) is 4.59. The molecule has 21 heavy (non-hydrogen) atoms. The van der Waals surface area contributed by atoms with Gasteiger partial charge in [0.25, 0.3) is 5.89 Å². The second kappa shape index (κ2) is 6.02. The summed E-state index contributed by atoms with van der Waals surface area (Å²) in [5.41, 5.74) is 1.13. The third-order valence-electron chi connectivity index (χ3n) is 3.19. The number of carbonyl (C=O) groups excluding carboxylic acids is 1. The topological polar surface area (TPSA) is 86.5 Å². The number of ether oxygens (including phenoxy) is 2. The summed E-state index contributed by atoms with van der Waals surface area (Å²) >= 11 is 0. The number of rotatable bonds is 3. The van der Waals surface area contributed by atoms with E-state index in [1.54, 1.807) is 24.3 Å². The Morgan fingerprint density at radius 2 is 2.38 bits per heavy atom. The van der Waals surface area contributed by atoms with Crippen molar-refractivity contribution in [3.63, 3.8) is 0 Å². The van der Waals surface area contributed by atoms with Gasteiger partial charge in [-0.2, -0.15) is 4.98 Å². The summed E-state index contributed by atoms with van der Waals surface area (Å²) in [6.07, 6.45) is -0.233. The van der Waals surface area contributed by atoms with Crippen LogP contribution >= 0.6 is 0 Å². The molecular formula is C14H15N3O4. The maximum Gasteiger partial charge on any atom is 0.337 e. The van der Waals surface area contributed by atoms with Crippen LogP contribution in [0, 0.1) is 0 Å². The van der Waals surface area contributed by atoms with Gasteiger partial charge in [0, 0.05) is 18.7 Å². The zero-order valence-corrected chi connectivity index (χ0v) is 11.5. The van der Waals surface area contributed by atoms with Gasteiger partial charge in [0.05, 0.1) is 19.3 Å². The predicted molar refractivity (Wildman–Crippen MR) is 72.6 cm³/mol. The van der Waals surface area contributed by atoms with Crippen LogP contribution < -0.4 is 5.32 Å². The second-order valence-corrected chi connectivity index (χ2v) is 4.59. The average Bonchev–Trinajstić information content (AvgIpc) is 3.05. The molecule has 110 valence electrons. The molecule has 0 radical (unpaired) electrons. The molecule has 0 spiro atoms. The van der Waals surface area contributed by atoms with E-state index in [9.17, 15) is 4.79 Å². The van der Waals surface area contributed by atoms with Gasteiger partial charge in [-0.15, -0.1) is 0 Å². The quantitative estimate of drug-likeness (QED) is 0.849. The van der Waals surface area contributed by atoms with Crippen molar-refractivity contribution in [1.82, 2.24) is 15.5 Å². The van der Waals surface area contributed by atoms with Crippen LogP contribution in [-0.4, -0.2) is 42.9 Å². The number of aromatic nitrogens is 2. The number of esters is 1. The van der Waals surface area contributed by atoms with Crippen LogP contribution in [0.25, 0.3) is 11.4 Å². The number of carbonyl (C=O) groups is 1. The third kappa shape index (κ3) is 2.93. The molecule has 1 saturated heterocycles. The minimum Gasteiger partial charge on any atom is -0.465 e. The number of morpholine rings is 1. The molecule has 1 fully saturated rings. The summed E-state index contributed by atoms with van der Waals surface area (Å²) in [5.74, 6) is 0.450. The molecule has 2 heterocycles. The minimum atomic E-state index is -0.402. The smallest absolute Gasteiger partial charge is 0.337 e. The van der Waals surface area contributed by atoms with Crippen LogP contribution in [0.4, 0.5) is 0 Å². The molecule has 3 rings (SSSR count). The van der Waals surface area contributed by atoms with Crippen molar-refractivity contribution in [3.05, 3.63) is 35.7 Å². The van der Waals surface area contributed by atoms with Gasteiger partial charge in [0.1, 0.15) is 6.10 Å². The lowest BCUT2D eigenvalue weighted by atomic mass is 10.1. The maximum absolute atomic E-state index is 11.5. The molecule has 0 bridgehead atoms. The van der Waals surface area contributed by atoms with Crippen molar-refractivity contribution in [1.29, 1.82) is 0 Å². The van der Waals surface area contributed by atoms with Crippen LogP contribution in [0.2, 0.25) is 0 Å². The number of hydrogen-bond acceptors (Lipinski definition) is 7. The summed E-state index contributed by atoms with van der Waals surface area (Å²) in [6, 6.07) is 6.89. The van der Waals surface area contributed by atoms with Crippen molar-refractivity contribution in [2.45, 2.75) is 6.10 Å². The monoisotopic (exact) mass is 289 g/mol. The Labute approximate surface area is 121 Å². The molecule has 0 aliphatic carbocycles. The van der Waals surface area contributed by atoms with Gasteiger partial charge in [-0.25, -0.2) is 4.79 Å². The van der Waals surface area contributed by atoms with Gasteiger partial charge >= 0.3 is 5.97 Å². The van der Waals surface area contributed by atoms with Gasteiger partial charge < -0.3 is 19.3 Å². The molecule has 1 aliphatic heterocycles. The van der Waals surface area contributed by atoms with Gasteiger partial charge in [0.2, 0.25) is 5.82 Å². The molecule has 0 saturated carbocycles. The fourth-order valence-corrected chi connectivity index (χ4v) is 2.11. The van der Waals surface area contributed by atoms with Crippen molar-refractivity contribution < 1.29 is 18.8 Å². The first kappa shape index (κ1) is 13.7. The van der Waals surface area contributed by atoms with E-state index < -0.39 is 5.97 Å². The molecule has 1 aliphatic rings. The Balaban J connectivity index is 1.84. The molecular weight excluding hydrogens is 274 g/mol. The lowest BCUT2D eigenvalue weighted by Crippen LogP contribution is -2.33. The number of hydrogen-bond donors (Lipinski definition) is 1. The Kier molecular flexibility index (Phi) is 3.94. The van der Waals surface area contributed by atoms with E-state index in [1.807, 2.05) is 0 Å². The molecule has 1 aromatic heterocycles. The SMILES string of the molecule is COC(=O)c1cccc(-c2noc([C@@H]3CNCCO3)n2)c1. The fourth-order valence-electron chi connectivity index (χ4n) is 2.11. The minimum absolute atomic E-state index is 0.233. The van der Waals surface area contributed by atoms with Crippen molar-refractivity contribution >= 4 is 5.97 Å². The fraction of sp³-hybridized carbons (Fsp3) is 0.357. The van der Waals surface area contributed by atoms with Crippen LogP contribution in [0.5, 0.6) is 0 Å². The number of methoxy groups -OCH3 is 1. The number of nitrogens with zero attached hydrogens (tertiary/aromatic N) is 2. The van der Waals surface area contributed by atoms with Crippen molar-refractivity contribution in [2.24, 2.45) is 0 Å². The number of nitrogens with one attached hydrogen (secondary N) is 1. The standard InChI is InChI=1S/C14H15N3O4/c1-19-14(18)10-4-2-3-9(7-10)12-16-13(21-17-12)11-8-15-5-6-20-11/h2-4,7,11,15H,5-6,8H2,1H3/t11-/m0/s1. The number of benzene rings is 1. The van der Waals surface area contributed by atoms with E-state index in [2.05, 4.69) is 15.5 Å². The molecule has 1 N–H and O–H groups in total. The van der Waals surface area contributed by atoms with Crippen molar-refractivity contribution in [2.75, 3.05) is 26.8 Å². The summed E-state index contributed by atoms with van der Waals surface area (Å²) < 4.78 is 15.5. The Bertz CT molecular complexity index is 635. The van der Waals surface area contributed by atoms with E-state index in [-0.39, 0.29) is 6.10 Å². The Hall–Kier alpha value is -2.25. The van der Waals surface area contributed by atoms with Crippen molar-refractivity contribution in [3.8, 4) is 11.4 Å². The zero-order valence-electron chi connectivity index (χ0n) is 11.5. The molecule has 7 nitrogen and oxygen atoms in total. The predicted octanol–water partition coefficient (Wildman–Crippen LogP) is 1.18. The van der Waals surface area contributed by atoms with E-state index in [0.717, 1.165) is 6.54 Å². The molecule has 0 unspecified atom stereocenters. The van der Waals surface area contributed by atoms with Gasteiger partial charge in [-0.1, -0.05) is 17.3 Å². The third-order valence-corrected chi connectivity index (χ3v) is 3.19. The van der Waals surface area contributed by atoms with Crippen LogP contribution in [-0.2, 0) is 9.47 Å². The van der Waals surface area contributed by atoms with E-state index in [0.29, 0.717) is 36.0 Å². The first-order chi connectivity index (χ1) is 10.3. The van der Waals surface area contributed by atoms with E-state index in [4.69, 9.17) is 14.0 Å². The van der Waals surface area contributed by atoms with Crippen LogP contribution in [0.3, 0.4) is 0 Å². The molecule has 7 heteroatoms. The zero-order chi connectivity index (χ0) is 14.7. The summed E-state index contributed by atoms with van der Waals surface area (Å²) in [5, 5.41) is 7.14. The average molecular weight is 289 g/mol. The normalized spacial score (nSPS) is 18.4. The van der Waals surface area contributed by atoms with Crippen LogP contribution in [0.15, 0.2) is 28.8 Å². The Morgan fingerprint density at radius 3 is 3.14 bits per heavy atom. The van der Waals surface area contributed by atoms with E-state index in [1.165, 1.54) is 7.11 Å². The summed E-state index contributed by atoms with van der Waals surface area (Å²) in [7, 11) is 1.34. The van der Waals surface area contributed by atoms with Gasteiger partial charge in [-0.05, 0) is 12.1 Å². The summed E-state index contributed by atoms with van der Waals surface area (Å²) in [6.45, 7) is 2.07. The van der Waals surface area contributed by atoms with Gasteiger partial charge in [0.15, 0.2) is 0 Å². The molecule has 2 aromatic rings. The van der Waals surface area contributed by atoms with E-state index >= 15 is 0 Å². The highest BCUT2D eigenvalue weighted by Crippen LogP contribution is 2.22. The first-order valence-corrected chi connectivity index (χ1v) is 6.62. The maximum atomic E-state index is 11.5. The molecule has 0 amide bonds. The lowest BCUT2D eigenvalue weighted by Gasteiger charge is -2.19. The summed E-state index contributed by atoms with van der Waals surface area (Å²) in [4.78, 5) is 15.9. The largest absolute Gasteiger partial charge is 0.465 e. The van der Waals surface area contributed by atoms with Crippen LogP contribution in [0.1, 0.15) is 22.4 Å². The first-order valence-electron chi connectivity index (χ1n) is 6.62. The lowest BCUT2D eigenvalue weighted by molar-refractivity contribution is 0.00755. The molecule has 1 atom stereocenters. The highest BCUT2D eigenvalue weighted by Gasteiger charge is 2.22. The molecule has 1 aromatic carbocycles. The highest BCUT2D eigenvalue weighted by molar-refractivity contribution is 5.90. The Morgan fingerprint density at radius 1 is 1.48 bits per heavy atom.